The number of nitrogens with zero attached hydrogens (tertiary/aromatic N) is 1. The molecule has 0 spiro atoms. The first-order valence-corrected chi connectivity index (χ1v) is 6.40. The molecule has 0 bridgehead atoms. The van der Waals surface area contributed by atoms with Crippen molar-refractivity contribution < 1.29 is 4.42 Å². The molecule has 2 heterocycles. The molecule has 96 valence electrons. The van der Waals surface area contributed by atoms with Crippen molar-refractivity contribution in [2.24, 2.45) is 0 Å². The molecule has 0 aliphatic rings. The van der Waals surface area contributed by atoms with Gasteiger partial charge in [0.2, 0.25) is 0 Å². The van der Waals surface area contributed by atoms with Crippen LogP contribution >= 0.6 is 0 Å². The molecular formula is C16H16N2O. The molecule has 1 aromatic carbocycles. The Morgan fingerprint density at radius 1 is 1.16 bits per heavy atom. The molecule has 0 amide bonds. The Morgan fingerprint density at radius 3 is 2.84 bits per heavy atom. The number of pyridine rings is 1. The van der Waals surface area contributed by atoms with Gasteiger partial charge in [-0.25, -0.2) is 0 Å². The SMILES string of the molecule is CNC(C)c1ccc(-c2cnc3ccccc3c2)o1. The summed E-state index contributed by atoms with van der Waals surface area (Å²) in [4.78, 5) is 4.46. The van der Waals surface area contributed by atoms with E-state index in [2.05, 4.69) is 29.4 Å². The van der Waals surface area contributed by atoms with Crippen molar-refractivity contribution in [2.45, 2.75) is 13.0 Å². The monoisotopic (exact) mass is 252 g/mol. The molecule has 1 atom stereocenters. The first-order chi connectivity index (χ1) is 9.28. The van der Waals surface area contributed by atoms with Gasteiger partial charge in [0.15, 0.2) is 0 Å². The molecular weight excluding hydrogens is 236 g/mol. The minimum absolute atomic E-state index is 0.210. The van der Waals surface area contributed by atoms with Crippen molar-refractivity contribution >= 4 is 10.9 Å². The van der Waals surface area contributed by atoms with Gasteiger partial charge >= 0.3 is 0 Å². The molecule has 0 saturated carbocycles. The largest absolute Gasteiger partial charge is 0.459 e. The van der Waals surface area contributed by atoms with Gasteiger partial charge in [0, 0.05) is 17.1 Å². The molecule has 2 aromatic heterocycles. The number of para-hydroxylation sites is 1. The number of nitrogens with one attached hydrogen (secondary N) is 1. The predicted molar refractivity (Wildman–Crippen MR) is 76.9 cm³/mol. The first kappa shape index (κ1) is 11.9. The quantitative estimate of drug-likeness (QED) is 0.771. The maximum Gasteiger partial charge on any atom is 0.135 e. The standard InChI is InChI=1S/C16H16N2O/c1-11(17-2)15-7-8-16(19-15)13-9-12-5-3-4-6-14(12)18-10-13/h3-11,17H,1-2H3. The van der Waals surface area contributed by atoms with E-state index in [1.165, 1.54) is 0 Å². The van der Waals surface area contributed by atoms with E-state index >= 15 is 0 Å². The summed E-state index contributed by atoms with van der Waals surface area (Å²) in [7, 11) is 1.92. The Morgan fingerprint density at radius 2 is 2.00 bits per heavy atom. The summed E-state index contributed by atoms with van der Waals surface area (Å²) in [6.45, 7) is 2.07. The van der Waals surface area contributed by atoms with Crippen LogP contribution in [0.3, 0.4) is 0 Å². The molecule has 1 N–H and O–H groups in total. The Bertz CT molecular complexity index is 703. The van der Waals surface area contributed by atoms with Gasteiger partial charge < -0.3 is 9.73 Å². The third-order valence-electron chi connectivity index (χ3n) is 3.36. The number of fused-ring (bicyclic) bond motifs is 1. The average molecular weight is 252 g/mol. The molecule has 0 fully saturated rings. The van der Waals surface area contributed by atoms with Gasteiger partial charge in [-0.1, -0.05) is 18.2 Å². The summed E-state index contributed by atoms with van der Waals surface area (Å²) < 4.78 is 5.87. The summed E-state index contributed by atoms with van der Waals surface area (Å²) in [5.74, 6) is 1.79. The summed E-state index contributed by atoms with van der Waals surface area (Å²) >= 11 is 0. The van der Waals surface area contributed by atoms with E-state index in [0.29, 0.717) is 0 Å². The highest BCUT2D eigenvalue weighted by atomic mass is 16.3. The van der Waals surface area contributed by atoms with Gasteiger partial charge in [-0.05, 0) is 38.2 Å². The van der Waals surface area contributed by atoms with Crippen molar-refractivity contribution in [1.29, 1.82) is 0 Å². The van der Waals surface area contributed by atoms with Crippen LogP contribution in [0.15, 0.2) is 53.1 Å². The molecule has 0 saturated heterocycles. The maximum absolute atomic E-state index is 5.87. The molecule has 0 aliphatic carbocycles. The Balaban J connectivity index is 2.01. The second-order valence-electron chi connectivity index (χ2n) is 4.63. The lowest BCUT2D eigenvalue weighted by molar-refractivity contribution is 0.458. The number of benzene rings is 1. The lowest BCUT2D eigenvalue weighted by atomic mass is 10.1. The van der Waals surface area contributed by atoms with Gasteiger partial charge in [-0.3, -0.25) is 4.98 Å². The Labute approximate surface area is 112 Å². The normalized spacial score (nSPS) is 12.7. The fourth-order valence-electron chi connectivity index (χ4n) is 2.09. The third-order valence-corrected chi connectivity index (χ3v) is 3.36. The van der Waals surface area contributed by atoms with E-state index in [9.17, 15) is 0 Å². The highest BCUT2D eigenvalue weighted by Gasteiger charge is 2.10. The van der Waals surface area contributed by atoms with Crippen LogP contribution in [0.25, 0.3) is 22.2 Å². The van der Waals surface area contributed by atoms with Crippen LogP contribution in [0.4, 0.5) is 0 Å². The Hall–Kier alpha value is -2.13. The number of hydrogen-bond donors (Lipinski definition) is 1. The van der Waals surface area contributed by atoms with Crippen LogP contribution < -0.4 is 5.32 Å². The van der Waals surface area contributed by atoms with Gasteiger partial charge in [-0.15, -0.1) is 0 Å². The molecule has 0 aliphatic heterocycles. The van der Waals surface area contributed by atoms with Crippen LogP contribution in [-0.2, 0) is 0 Å². The molecule has 3 aromatic rings. The highest BCUT2D eigenvalue weighted by Crippen LogP contribution is 2.26. The van der Waals surface area contributed by atoms with E-state index in [0.717, 1.165) is 28.0 Å². The molecule has 1 unspecified atom stereocenters. The topological polar surface area (TPSA) is 38.1 Å². The number of aromatic nitrogens is 1. The summed E-state index contributed by atoms with van der Waals surface area (Å²) in [5.41, 5.74) is 2.01. The number of furan rings is 1. The average Bonchev–Trinajstić information content (AvgIpc) is 2.95. The molecule has 3 heteroatoms. The van der Waals surface area contributed by atoms with Crippen molar-refractivity contribution in [3.63, 3.8) is 0 Å². The van der Waals surface area contributed by atoms with Crippen LogP contribution in [0.2, 0.25) is 0 Å². The fourth-order valence-corrected chi connectivity index (χ4v) is 2.09. The summed E-state index contributed by atoms with van der Waals surface area (Å²) in [6.07, 6.45) is 1.86. The zero-order valence-corrected chi connectivity index (χ0v) is 11.1. The van der Waals surface area contributed by atoms with E-state index in [1.807, 2.05) is 43.6 Å². The van der Waals surface area contributed by atoms with Crippen LogP contribution in [0.1, 0.15) is 18.7 Å². The second kappa shape index (κ2) is 4.86. The predicted octanol–water partition coefficient (Wildman–Crippen LogP) is 3.78. The zero-order valence-electron chi connectivity index (χ0n) is 11.1. The van der Waals surface area contributed by atoms with Crippen molar-refractivity contribution in [3.8, 4) is 11.3 Å². The molecule has 0 radical (unpaired) electrons. The van der Waals surface area contributed by atoms with Gasteiger partial charge in [0.05, 0.1) is 11.6 Å². The summed E-state index contributed by atoms with van der Waals surface area (Å²) in [5, 5.41) is 4.29. The number of hydrogen-bond acceptors (Lipinski definition) is 3. The molecule has 19 heavy (non-hydrogen) atoms. The van der Waals surface area contributed by atoms with E-state index in [-0.39, 0.29) is 6.04 Å². The molecule has 3 rings (SSSR count). The highest BCUT2D eigenvalue weighted by molar-refractivity contribution is 5.82. The second-order valence-corrected chi connectivity index (χ2v) is 4.63. The van der Waals surface area contributed by atoms with Crippen molar-refractivity contribution in [3.05, 3.63) is 54.4 Å². The van der Waals surface area contributed by atoms with Crippen molar-refractivity contribution in [1.82, 2.24) is 10.3 Å². The maximum atomic E-state index is 5.87. The van der Waals surface area contributed by atoms with Gasteiger partial charge in [-0.2, -0.15) is 0 Å². The fraction of sp³-hybridized carbons (Fsp3) is 0.188. The van der Waals surface area contributed by atoms with E-state index in [4.69, 9.17) is 4.42 Å². The minimum Gasteiger partial charge on any atom is -0.459 e. The van der Waals surface area contributed by atoms with Gasteiger partial charge in [0.25, 0.3) is 0 Å². The third kappa shape index (κ3) is 2.25. The van der Waals surface area contributed by atoms with Crippen molar-refractivity contribution in [2.75, 3.05) is 7.05 Å². The van der Waals surface area contributed by atoms with Crippen LogP contribution in [-0.4, -0.2) is 12.0 Å². The lowest BCUT2D eigenvalue weighted by Gasteiger charge is -2.05. The Kier molecular flexibility index (Phi) is 3.05. The lowest BCUT2D eigenvalue weighted by Crippen LogP contribution is -2.10. The van der Waals surface area contributed by atoms with Crippen LogP contribution in [0.5, 0.6) is 0 Å². The molecule has 3 nitrogen and oxygen atoms in total. The number of rotatable bonds is 3. The van der Waals surface area contributed by atoms with E-state index in [1.54, 1.807) is 0 Å². The minimum atomic E-state index is 0.210. The first-order valence-electron chi connectivity index (χ1n) is 6.40. The zero-order chi connectivity index (χ0) is 13.2. The summed E-state index contributed by atoms with van der Waals surface area (Å²) in [6, 6.07) is 14.4. The van der Waals surface area contributed by atoms with E-state index < -0.39 is 0 Å². The smallest absolute Gasteiger partial charge is 0.135 e. The van der Waals surface area contributed by atoms with Gasteiger partial charge in [0.1, 0.15) is 11.5 Å². The van der Waals surface area contributed by atoms with Crippen LogP contribution in [0, 0.1) is 0 Å².